The molecule has 2 heterocycles. The number of nitrogens with zero attached hydrogens (tertiary/aromatic N) is 3. The molecule has 3 rings (SSSR count). The maximum atomic E-state index is 12.6. The molecule has 0 aromatic carbocycles. The number of sulfonamides is 1. The summed E-state index contributed by atoms with van der Waals surface area (Å²) in [6.07, 6.45) is 8.14. The molecule has 1 aromatic heterocycles. The molecule has 2 aliphatic rings. The average molecular weight is 392 g/mol. The molecule has 1 fully saturated rings. The van der Waals surface area contributed by atoms with Crippen molar-refractivity contribution in [1.29, 1.82) is 0 Å². The van der Waals surface area contributed by atoms with Crippen LogP contribution in [0.1, 0.15) is 31.2 Å². The van der Waals surface area contributed by atoms with Crippen LogP contribution in [0.5, 0.6) is 0 Å². The van der Waals surface area contributed by atoms with Crippen LogP contribution in [-0.4, -0.2) is 34.9 Å². The first-order valence-electron chi connectivity index (χ1n) is 6.53. The summed E-state index contributed by atoms with van der Waals surface area (Å²) in [7, 11) is -4.97. The Bertz CT molecular complexity index is 742. The summed E-state index contributed by atoms with van der Waals surface area (Å²) >= 11 is 3.13. The van der Waals surface area contributed by atoms with Crippen molar-refractivity contribution >= 4 is 48.6 Å². The second-order valence-corrected chi connectivity index (χ2v) is 9.51. The molecule has 0 saturated heterocycles. The number of rotatable bonds is 2. The molecule has 1 aliphatic carbocycles. The Labute approximate surface area is 134 Å². The summed E-state index contributed by atoms with van der Waals surface area (Å²) in [5, 5.41) is 0.151. The molecule has 0 radical (unpaired) electrons. The van der Waals surface area contributed by atoms with Gasteiger partial charge in [0, 0.05) is 24.1 Å². The lowest BCUT2D eigenvalue weighted by Crippen LogP contribution is -2.41. The lowest BCUT2D eigenvalue weighted by molar-refractivity contribution is 0.579. The maximum Gasteiger partial charge on any atom is 0.272 e. The van der Waals surface area contributed by atoms with Crippen LogP contribution in [0, 0.1) is 0 Å². The van der Waals surface area contributed by atoms with Crippen LogP contribution < -0.4 is 4.31 Å². The van der Waals surface area contributed by atoms with E-state index >= 15 is 0 Å². The zero-order valence-corrected chi connectivity index (χ0v) is 14.5. The largest absolute Gasteiger partial charge is 0.272 e. The average Bonchev–Trinajstić information content (AvgIpc) is 2.92. The molecule has 0 bridgehead atoms. The highest BCUT2D eigenvalue weighted by atomic mass is 79.9. The topological polar surface area (TPSA) is 80.2 Å². The van der Waals surface area contributed by atoms with Crippen molar-refractivity contribution in [3.05, 3.63) is 15.6 Å². The second kappa shape index (κ2) is 5.44. The standard InChI is InChI=1S/C12H14BrN3O3S2/c1-20(17)12-14-7-8-6-10(13)21(18,19)16(11(8)15-12)9-4-2-3-5-9/h6-7,9H,2-5H2,1H3. The Morgan fingerprint density at radius 1 is 1.38 bits per heavy atom. The number of anilines is 1. The second-order valence-electron chi connectivity index (χ2n) is 5.07. The molecule has 1 saturated carbocycles. The Balaban J connectivity index is 2.20. The highest BCUT2D eigenvalue weighted by Gasteiger charge is 2.39. The fraction of sp³-hybridized carbons (Fsp3) is 0.500. The molecule has 0 N–H and O–H groups in total. The van der Waals surface area contributed by atoms with Gasteiger partial charge in [0.25, 0.3) is 10.0 Å². The van der Waals surface area contributed by atoms with Gasteiger partial charge in [-0.3, -0.25) is 4.21 Å². The molecule has 1 aliphatic heterocycles. The Hall–Kier alpha value is -0.800. The maximum absolute atomic E-state index is 12.6. The monoisotopic (exact) mass is 391 g/mol. The first-order chi connectivity index (χ1) is 9.91. The molecule has 1 aromatic rings. The summed E-state index contributed by atoms with van der Waals surface area (Å²) in [6, 6.07) is -0.0944. The number of hydrogen-bond acceptors (Lipinski definition) is 5. The van der Waals surface area contributed by atoms with Crippen molar-refractivity contribution in [2.24, 2.45) is 0 Å². The Morgan fingerprint density at radius 2 is 2.05 bits per heavy atom. The van der Waals surface area contributed by atoms with E-state index in [0.717, 1.165) is 25.7 Å². The van der Waals surface area contributed by atoms with Gasteiger partial charge in [-0.1, -0.05) is 12.8 Å². The summed E-state index contributed by atoms with van der Waals surface area (Å²) in [5.74, 6) is 0.338. The van der Waals surface area contributed by atoms with Crippen LogP contribution in [0.4, 0.5) is 5.82 Å². The minimum atomic E-state index is -3.62. The van der Waals surface area contributed by atoms with E-state index in [1.807, 2.05) is 0 Å². The third-order valence-electron chi connectivity index (χ3n) is 3.67. The van der Waals surface area contributed by atoms with Crippen molar-refractivity contribution in [3.63, 3.8) is 0 Å². The fourth-order valence-corrected chi connectivity index (χ4v) is 5.27. The molecule has 9 heteroatoms. The van der Waals surface area contributed by atoms with E-state index in [1.54, 1.807) is 0 Å². The minimum absolute atomic E-state index is 0.0944. The van der Waals surface area contributed by atoms with Gasteiger partial charge >= 0.3 is 0 Å². The fourth-order valence-electron chi connectivity index (χ4n) is 2.70. The third-order valence-corrected chi connectivity index (χ3v) is 7.44. The predicted molar refractivity (Wildman–Crippen MR) is 84.9 cm³/mol. The van der Waals surface area contributed by atoms with E-state index in [1.165, 1.54) is 22.8 Å². The molecule has 1 unspecified atom stereocenters. The van der Waals surface area contributed by atoms with Crippen LogP contribution in [-0.2, 0) is 20.8 Å². The van der Waals surface area contributed by atoms with Crippen LogP contribution in [0.2, 0.25) is 0 Å². The van der Waals surface area contributed by atoms with Crippen LogP contribution in [0.25, 0.3) is 6.08 Å². The van der Waals surface area contributed by atoms with E-state index in [0.29, 0.717) is 11.4 Å². The van der Waals surface area contributed by atoms with Gasteiger partial charge in [-0.05, 0) is 34.8 Å². The van der Waals surface area contributed by atoms with Crippen LogP contribution in [0.15, 0.2) is 15.2 Å². The lowest BCUT2D eigenvalue weighted by atomic mass is 10.2. The number of aromatic nitrogens is 2. The summed E-state index contributed by atoms with van der Waals surface area (Å²) in [6.45, 7) is 0. The van der Waals surface area contributed by atoms with Crippen LogP contribution >= 0.6 is 15.9 Å². The summed E-state index contributed by atoms with van der Waals surface area (Å²) < 4.78 is 38.3. The molecule has 0 amide bonds. The van der Waals surface area contributed by atoms with Gasteiger partial charge in [0.1, 0.15) is 3.81 Å². The number of fused-ring (bicyclic) bond motifs is 1. The van der Waals surface area contributed by atoms with E-state index in [2.05, 4.69) is 25.9 Å². The van der Waals surface area contributed by atoms with Crippen molar-refractivity contribution in [2.45, 2.75) is 36.9 Å². The highest BCUT2D eigenvalue weighted by molar-refractivity contribution is 9.13. The minimum Gasteiger partial charge on any atom is -0.251 e. The smallest absolute Gasteiger partial charge is 0.251 e. The summed E-state index contributed by atoms with van der Waals surface area (Å²) in [4.78, 5) is 8.28. The molecular formula is C12H14BrN3O3S2. The van der Waals surface area contributed by atoms with Gasteiger partial charge in [-0.15, -0.1) is 0 Å². The van der Waals surface area contributed by atoms with Crippen molar-refractivity contribution in [2.75, 3.05) is 10.6 Å². The summed E-state index contributed by atoms with van der Waals surface area (Å²) in [5.41, 5.74) is 0.623. The van der Waals surface area contributed by atoms with Gasteiger partial charge < -0.3 is 0 Å². The highest BCUT2D eigenvalue weighted by Crippen LogP contribution is 2.40. The molecule has 0 spiro atoms. The van der Waals surface area contributed by atoms with E-state index in [9.17, 15) is 12.6 Å². The number of halogens is 1. The molecule has 6 nitrogen and oxygen atoms in total. The first-order valence-corrected chi connectivity index (χ1v) is 10.3. The van der Waals surface area contributed by atoms with Crippen molar-refractivity contribution in [3.8, 4) is 0 Å². The zero-order valence-electron chi connectivity index (χ0n) is 11.3. The van der Waals surface area contributed by atoms with Gasteiger partial charge in [-0.25, -0.2) is 22.7 Å². The van der Waals surface area contributed by atoms with E-state index in [4.69, 9.17) is 0 Å². The SMILES string of the molecule is CS(=O)c1ncc2c(n1)N(C1CCCC1)S(=O)(=O)C(Br)=C2. The normalized spacial score (nSPS) is 22.8. The van der Waals surface area contributed by atoms with Gasteiger partial charge in [-0.2, -0.15) is 0 Å². The quantitative estimate of drug-likeness (QED) is 0.720. The lowest BCUT2D eigenvalue weighted by Gasteiger charge is -2.32. The van der Waals surface area contributed by atoms with E-state index < -0.39 is 20.8 Å². The number of hydrogen-bond donors (Lipinski definition) is 0. The van der Waals surface area contributed by atoms with E-state index in [-0.39, 0.29) is 15.0 Å². The van der Waals surface area contributed by atoms with Gasteiger partial charge in [0.2, 0.25) is 5.16 Å². The Kier molecular flexibility index (Phi) is 3.91. The molecule has 114 valence electrons. The van der Waals surface area contributed by atoms with Gasteiger partial charge in [0.05, 0.1) is 10.8 Å². The molecule has 21 heavy (non-hydrogen) atoms. The Morgan fingerprint density at radius 3 is 2.67 bits per heavy atom. The van der Waals surface area contributed by atoms with Crippen LogP contribution in [0.3, 0.4) is 0 Å². The van der Waals surface area contributed by atoms with Gasteiger partial charge in [0.15, 0.2) is 5.82 Å². The third kappa shape index (κ3) is 2.55. The predicted octanol–water partition coefficient (Wildman–Crippen LogP) is 2.00. The zero-order chi connectivity index (χ0) is 15.2. The van der Waals surface area contributed by atoms with Crippen molar-refractivity contribution in [1.82, 2.24) is 9.97 Å². The molecule has 1 atom stereocenters. The first kappa shape index (κ1) is 15.1. The van der Waals surface area contributed by atoms with Crippen molar-refractivity contribution < 1.29 is 12.6 Å². The molecular weight excluding hydrogens is 378 g/mol.